The fourth-order valence-electron chi connectivity index (χ4n) is 1.91. The van der Waals surface area contributed by atoms with E-state index < -0.39 is 0 Å². The molecule has 0 aliphatic heterocycles. The van der Waals surface area contributed by atoms with Crippen molar-refractivity contribution < 1.29 is 9.13 Å². The lowest BCUT2D eigenvalue weighted by atomic mass is 10.2. The number of hydrogen-bond donors (Lipinski definition) is 1. The van der Waals surface area contributed by atoms with Gasteiger partial charge in [-0.2, -0.15) is 0 Å². The maximum Gasteiger partial charge on any atom is 0.175 e. The van der Waals surface area contributed by atoms with Gasteiger partial charge in [0.25, 0.3) is 0 Å². The van der Waals surface area contributed by atoms with E-state index in [9.17, 15) is 4.39 Å². The smallest absolute Gasteiger partial charge is 0.175 e. The third-order valence-corrected chi connectivity index (χ3v) is 3.08. The molecule has 0 atom stereocenters. The number of halogens is 1. The molecule has 0 radical (unpaired) electrons. The SMILES string of the molecule is Nc1cccnc1/N=C\c1ccc(Oc2ccc(F)cc2)cc1. The first-order valence-electron chi connectivity index (χ1n) is 6.99. The second-order valence-electron chi connectivity index (χ2n) is 4.80. The molecule has 0 amide bonds. The Bertz CT molecular complexity index is 814. The molecule has 0 saturated heterocycles. The zero-order chi connectivity index (χ0) is 16.1. The van der Waals surface area contributed by atoms with Crippen LogP contribution < -0.4 is 10.5 Å². The standard InChI is InChI=1S/C18H14FN3O/c19-14-5-9-16(10-6-14)23-15-7-3-13(4-8-15)12-22-18-17(20)2-1-11-21-18/h1-12H,20H2/b22-12-. The van der Waals surface area contributed by atoms with E-state index in [2.05, 4.69) is 9.98 Å². The molecule has 3 rings (SSSR count). The molecule has 1 aromatic heterocycles. The number of ether oxygens (including phenoxy) is 1. The summed E-state index contributed by atoms with van der Waals surface area (Å²) < 4.78 is 18.5. The maximum absolute atomic E-state index is 12.8. The Hall–Kier alpha value is -3.21. The molecule has 0 fully saturated rings. The van der Waals surface area contributed by atoms with Crippen molar-refractivity contribution in [2.24, 2.45) is 4.99 Å². The van der Waals surface area contributed by atoms with Crippen LogP contribution >= 0.6 is 0 Å². The van der Waals surface area contributed by atoms with Gasteiger partial charge in [-0.15, -0.1) is 0 Å². The van der Waals surface area contributed by atoms with Crippen LogP contribution in [0.4, 0.5) is 15.9 Å². The minimum Gasteiger partial charge on any atom is -0.457 e. The van der Waals surface area contributed by atoms with Gasteiger partial charge in [-0.3, -0.25) is 0 Å². The van der Waals surface area contributed by atoms with Gasteiger partial charge in [-0.25, -0.2) is 14.4 Å². The molecule has 0 unspecified atom stereocenters. The number of nitrogens with two attached hydrogens (primary N) is 1. The number of benzene rings is 2. The molecule has 1 heterocycles. The zero-order valence-corrected chi connectivity index (χ0v) is 12.2. The van der Waals surface area contributed by atoms with Gasteiger partial charge in [0.1, 0.15) is 17.3 Å². The number of pyridine rings is 1. The molecule has 23 heavy (non-hydrogen) atoms. The minimum atomic E-state index is -0.294. The predicted octanol–water partition coefficient (Wildman–Crippen LogP) is 4.35. The van der Waals surface area contributed by atoms with Gasteiger partial charge in [0.05, 0.1) is 5.69 Å². The highest BCUT2D eigenvalue weighted by atomic mass is 19.1. The van der Waals surface area contributed by atoms with Crippen LogP contribution in [0.2, 0.25) is 0 Å². The van der Waals surface area contributed by atoms with Crippen LogP contribution in [0, 0.1) is 5.82 Å². The Balaban J connectivity index is 1.69. The second-order valence-corrected chi connectivity index (χ2v) is 4.80. The van der Waals surface area contributed by atoms with Crippen molar-refractivity contribution in [3.8, 4) is 11.5 Å². The van der Waals surface area contributed by atoms with Gasteiger partial charge >= 0.3 is 0 Å². The van der Waals surface area contributed by atoms with Crippen molar-refractivity contribution in [3.05, 3.63) is 78.2 Å². The Labute approximate surface area is 133 Å². The number of aromatic nitrogens is 1. The first-order valence-corrected chi connectivity index (χ1v) is 6.99. The Morgan fingerprint density at radius 3 is 2.26 bits per heavy atom. The lowest BCUT2D eigenvalue weighted by molar-refractivity contribution is 0.480. The summed E-state index contributed by atoms with van der Waals surface area (Å²) in [5, 5.41) is 0. The van der Waals surface area contributed by atoms with Gasteiger partial charge in [0, 0.05) is 12.4 Å². The van der Waals surface area contributed by atoms with Crippen LogP contribution in [0.25, 0.3) is 0 Å². The fourth-order valence-corrected chi connectivity index (χ4v) is 1.91. The quantitative estimate of drug-likeness (QED) is 0.729. The summed E-state index contributed by atoms with van der Waals surface area (Å²) in [7, 11) is 0. The monoisotopic (exact) mass is 307 g/mol. The van der Waals surface area contributed by atoms with Gasteiger partial charge in [-0.05, 0) is 66.2 Å². The van der Waals surface area contributed by atoms with Gasteiger partial charge in [0.2, 0.25) is 0 Å². The number of hydrogen-bond acceptors (Lipinski definition) is 4. The summed E-state index contributed by atoms with van der Waals surface area (Å²) in [6.45, 7) is 0. The average Bonchev–Trinajstić information content (AvgIpc) is 2.58. The Morgan fingerprint density at radius 2 is 1.61 bits per heavy atom. The molecule has 0 aliphatic carbocycles. The summed E-state index contributed by atoms with van der Waals surface area (Å²) >= 11 is 0. The summed E-state index contributed by atoms with van der Waals surface area (Å²) in [5.41, 5.74) is 7.20. The molecule has 0 aliphatic rings. The fraction of sp³-hybridized carbons (Fsp3) is 0. The highest BCUT2D eigenvalue weighted by Gasteiger charge is 1.99. The summed E-state index contributed by atoms with van der Waals surface area (Å²) in [4.78, 5) is 8.35. The Kier molecular flexibility index (Phi) is 4.29. The Morgan fingerprint density at radius 1 is 0.957 bits per heavy atom. The highest BCUT2D eigenvalue weighted by Crippen LogP contribution is 2.22. The van der Waals surface area contributed by atoms with E-state index in [0.717, 1.165) is 5.56 Å². The van der Waals surface area contributed by atoms with Crippen molar-refractivity contribution in [2.45, 2.75) is 0 Å². The zero-order valence-electron chi connectivity index (χ0n) is 12.2. The van der Waals surface area contributed by atoms with Crippen LogP contribution in [-0.2, 0) is 0 Å². The summed E-state index contributed by atoms with van der Waals surface area (Å²) in [5.74, 6) is 1.43. The van der Waals surface area contributed by atoms with Gasteiger partial charge in [0.15, 0.2) is 5.82 Å². The van der Waals surface area contributed by atoms with E-state index >= 15 is 0 Å². The summed E-state index contributed by atoms with van der Waals surface area (Å²) in [6.07, 6.45) is 3.32. The summed E-state index contributed by atoms with van der Waals surface area (Å²) in [6, 6.07) is 16.7. The van der Waals surface area contributed by atoms with Crippen LogP contribution in [-0.4, -0.2) is 11.2 Å². The molecule has 2 N–H and O–H groups in total. The normalized spacial score (nSPS) is 10.8. The van der Waals surface area contributed by atoms with Gasteiger partial charge in [-0.1, -0.05) is 0 Å². The van der Waals surface area contributed by atoms with Crippen molar-refractivity contribution in [3.63, 3.8) is 0 Å². The molecule has 5 heteroatoms. The molecule has 4 nitrogen and oxygen atoms in total. The first-order chi connectivity index (χ1) is 11.2. The third kappa shape index (κ3) is 3.91. The lowest BCUT2D eigenvalue weighted by Gasteiger charge is -2.05. The van der Waals surface area contributed by atoms with E-state index in [1.165, 1.54) is 12.1 Å². The molecule has 2 aromatic carbocycles. The van der Waals surface area contributed by atoms with Crippen LogP contribution in [0.5, 0.6) is 11.5 Å². The van der Waals surface area contributed by atoms with Crippen LogP contribution in [0.3, 0.4) is 0 Å². The van der Waals surface area contributed by atoms with E-state index in [4.69, 9.17) is 10.5 Å². The van der Waals surface area contributed by atoms with Gasteiger partial charge < -0.3 is 10.5 Å². The van der Waals surface area contributed by atoms with Crippen molar-refractivity contribution in [1.29, 1.82) is 0 Å². The van der Waals surface area contributed by atoms with E-state index in [1.54, 1.807) is 36.7 Å². The molecule has 0 bridgehead atoms. The molecule has 114 valence electrons. The number of aliphatic imine (C=N–C) groups is 1. The second kappa shape index (κ2) is 6.70. The van der Waals surface area contributed by atoms with Crippen molar-refractivity contribution in [2.75, 3.05) is 5.73 Å². The number of nitrogens with zero attached hydrogens (tertiary/aromatic N) is 2. The molecule has 0 saturated carbocycles. The van der Waals surface area contributed by atoms with E-state index in [-0.39, 0.29) is 5.82 Å². The molecular formula is C18H14FN3O. The van der Waals surface area contributed by atoms with Crippen LogP contribution in [0.15, 0.2) is 71.9 Å². The number of anilines is 1. The predicted molar refractivity (Wildman–Crippen MR) is 88.8 cm³/mol. The minimum absolute atomic E-state index is 0.294. The molecule has 3 aromatic rings. The lowest BCUT2D eigenvalue weighted by Crippen LogP contribution is -1.88. The molecule has 0 spiro atoms. The number of nitrogen functional groups attached to an aromatic ring is 1. The van der Waals surface area contributed by atoms with E-state index in [1.807, 2.05) is 24.3 Å². The number of rotatable bonds is 4. The van der Waals surface area contributed by atoms with Crippen molar-refractivity contribution >= 4 is 17.7 Å². The van der Waals surface area contributed by atoms with Crippen molar-refractivity contribution in [1.82, 2.24) is 4.98 Å². The molecular weight excluding hydrogens is 293 g/mol. The topological polar surface area (TPSA) is 60.5 Å². The largest absolute Gasteiger partial charge is 0.457 e. The van der Waals surface area contributed by atoms with Crippen LogP contribution in [0.1, 0.15) is 5.56 Å². The van der Waals surface area contributed by atoms with E-state index in [0.29, 0.717) is 23.0 Å². The first kappa shape index (κ1) is 14.7. The highest BCUT2D eigenvalue weighted by molar-refractivity contribution is 5.83. The third-order valence-electron chi connectivity index (χ3n) is 3.08. The average molecular weight is 307 g/mol. The maximum atomic E-state index is 12.8.